The van der Waals surface area contributed by atoms with Crippen LogP contribution in [0, 0.1) is 0 Å². The minimum atomic E-state index is -4.14. The van der Waals surface area contributed by atoms with E-state index in [1.807, 2.05) is 51.1 Å². The Labute approximate surface area is 239 Å². The molecule has 0 spiro atoms. The first-order chi connectivity index (χ1) is 18.5. The number of carbonyl (C=O) groups is 2. The summed E-state index contributed by atoms with van der Waals surface area (Å²) in [5.74, 6) is -0.254. The van der Waals surface area contributed by atoms with Crippen molar-refractivity contribution in [1.29, 1.82) is 0 Å². The molecule has 0 aliphatic rings. The van der Waals surface area contributed by atoms with Gasteiger partial charge >= 0.3 is 0 Å². The lowest BCUT2D eigenvalue weighted by molar-refractivity contribution is -0.139. The standard InChI is InChI=1S/C29H34BrN3O5S/c1-5-38-26-15-13-25(14-16-26)33(39(36,37)27-17-11-24(30)12-18-27)20-28(34)32(19-23-9-7-6-8-10-23)22(4)29(35)31-21(2)3/h6-18,21-22H,5,19-20H2,1-4H3,(H,31,35). The third-order valence-electron chi connectivity index (χ3n) is 5.91. The van der Waals surface area contributed by atoms with Gasteiger partial charge in [-0.3, -0.25) is 13.9 Å². The largest absolute Gasteiger partial charge is 0.494 e. The maximum Gasteiger partial charge on any atom is 0.264 e. The van der Waals surface area contributed by atoms with E-state index in [0.717, 1.165) is 14.3 Å². The average Bonchev–Trinajstić information content (AvgIpc) is 2.91. The van der Waals surface area contributed by atoms with Gasteiger partial charge in [0.1, 0.15) is 18.3 Å². The molecule has 2 amide bonds. The third kappa shape index (κ3) is 8.06. The molecule has 0 heterocycles. The molecule has 39 heavy (non-hydrogen) atoms. The van der Waals surface area contributed by atoms with Gasteiger partial charge in [0.2, 0.25) is 11.8 Å². The maximum atomic E-state index is 13.9. The number of benzene rings is 3. The molecule has 0 bridgehead atoms. The van der Waals surface area contributed by atoms with Gasteiger partial charge in [0.15, 0.2) is 0 Å². The molecule has 0 aliphatic carbocycles. The number of anilines is 1. The van der Waals surface area contributed by atoms with Gasteiger partial charge in [0.05, 0.1) is 17.2 Å². The number of nitrogens with zero attached hydrogens (tertiary/aromatic N) is 2. The molecule has 1 atom stereocenters. The molecule has 0 fully saturated rings. The Morgan fingerprint density at radius 1 is 0.923 bits per heavy atom. The normalized spacial score (nSPS) is 12.1. The lowest BCUT2D eigenvalue weighted by Crippen LogP contribution is -2.52. The summed E-state index contributed by atoms with van der Waals surface area (Å²) in [6.45, 7) is 7.28. The molecule has 208 valence electrons. The summed E-state index contributed by atoms with van der Waals surface area (Å²) in [6.07, 6.45) is 0. The van der Waals surface area contributed by atoms with Crippen LogP contribution in [0.15, 0.2) is 88.2 Å². The second-order valence-electron chi connectivity index (χ2n) is 9.24. The van der Waals surface area contributed by atoms with Crippen LogP contribution in [0.2, 0.25) is 0 Å². The highest BCUT2D eigenvalue weighted by Gasteiger charge is 2.32. The highest BCUT2D eigenvalue weighted by Crippen LogP contribution is 2.27. The van der Waals surface area contributed by atoms with Crippen LogP contribution >= 0.6 is 15.9 Å². The number of rotatable bonds is 12. The molecule has 0 aromatic heterocycles. The van der Waals surface area contributed by atoms with Crippen molar-refractivity contribution in [2.75, 3.05) is 17.5 Å². The quantitative estimate of drug-likeness (QED) is 0.310. The molecule has 8 nitrogen and oxygen atoms in total. The maximum absolute atomic E-state index is 13.9. The van der Waals surface area contributed by atoms with Crippen molar-refractivity contribution in [2.45, 2.75) is 51.2 Å². The predicted octanol–water partition coefficient (Wildman–Crippen LogP) is 4.99. The molecule has 1 unspecified atom stereocenters. The Balaban J connectivity index is 2.02. The number of ether oxygens (including phenoxy) is 1. The van der Waals surface area contributed by atoms with Crippen molar-refractivity contribution >= 4 is 43.5 Å². The van der Waals surface area contributed by atoms with Gasteiger partial charge in [0, 0.05) is 17.1 Å². The summed E-state index contributed by atoms with van der Waals surface area (Å²) in [5.41, 5.74) is 1.12. The zero-order valence-electron chi connectivity index (χ0n) is 22.5. The van der Waals surface area contributed by atoms with Crippen LogP contribution in [0.4, 0.5) is 5.69 Å². The Morgan fingerprint density at radius 2 is 1.54 bits per heavy atom. The zero-order chi connectivity index (χ0) is 28.6. The minimum absolute atomic E-state index is 0.0348. The van der Waals surface area contributed by atoms with E-state index >= 15 is 0 Å². The number of hydrogen-bond acceptors (Lipinski definition) is 5. The second kappa shape index (κ2) is 13.6. The van der Waals surface area contributed by atoms with E-state index in [2.05, 4.69) is 21.2 Å². The Kier molecular flexibility index (Phi) is 10.5. The first-order valence-corrected chi connectivity index (χ1v) is 14.9. The van der Waals surface area contributed by atoms with Gasteiger partial charge in [-0.15, -0.1) is 0 Å². The molecule has 10 heteroatoms. The Bertz CT molecular complexity index is 1350. The fraction of sp³-hybridized carbons (Fsp3) is 0.310. The van der Waals surface area contributed by atoms with Crippen molar-refractivity contribution in [3.63, 3.8) is 0 Å². The van der Waals surface area contributed by atoms with Gasteiger partial charge in [-0.05, 0) is 81.8 Å². The summed E-state index contributed by atoms with van der Waals surface area (Å²) in [5, 5.41) is 2.85. The van der Waals surface area contributed by atoms with E-state index in [4.69, 9.17) is 4.74 Å². The Hall–Kier alpha value is -3.37. The molecule has 3 rings (SSSR count). The average molecular weight is 617 g/mol. The van der Waals surface area contributed by atoms with Crippen molar-refractivity contribution < 1.29 is 22.7 Å². The van der Waals surface area contributed by atoms with E-state index in [9.17, 15) is 18.0 Å². The highest BCUT2D eigenvalue weighted by molar-refractivity contribution is 9.10. The predicted molar refractivity (Wildman–Crippen MR) is 156 cm³/mol. The summed E-state index contributed by atoms with van der Waals surface area (Å²) < 4.78 is 35.0. The molecule has 1 N–H and O–H groups in total. The Morgan fingerprint density at radius 3 is 2.10 bits per heavy atom. The third-order valence-corrected chi connectivity index (χ3v) is 8.23. The van der Waals surface area contributed by atoms with Crippen LogP contribution in [0.3, 0.4) is 0 Å². The van der Waals surface area contributed by atoms with Crippen LogP contribution in [-0.4, -0.2) is 50.4 Å². The van der Waals surface area contributed by atoms with Crippen LogP contribution in [0.5, 0.6) is 5.75 Å². The van der Waals surface area contributed by atoms with Crippen LogP contribution in [0.1, 0.15) is 33.3 Å². The molecule has 0 aliphatic heterocycles. The van der Waals surface area contributed by atoms with Gasteiger partial charge in [0.25, 0.3) is 10.0 Å². The fourth-order valence-corrected chi connectivity index (χ4v) is 5.58. The van der Waals surface area contributed by atoms with Gasteiger partial charge in [-0.1, -0.05) is 46.3 Å². The monoisotopic (exact) mass is 615 g/mol. The van der Waals surface area contributed by atoms with Gasteiger partial charge in [-0.25, -0.2) is 8.42 Å². The van der Waals surface area contributed by atoms with Gasteiger partial charge < -0.3 is 15.0 Å². The molecular formula is C29H34BrN3O5S. The number of halogens is 1. The summed E-state index contributed by atoms with van der Waals surface area (Å²) in [6, 6.07) is 21.1. The van der Waals surface area contributed by atoms with E-state index < -0.39 is 28.5 Å². The van der Waals surface area contributed by atoms with E-state index in [-0.39, 0.29) is 23.4 Å². The second-order valence-corrected chi connectivity index (χ2v) is 12.0. The summed E-state index contributed by atoms with van der Waals surface area (Å²) >= 11 is 3.33. The van der Waals surface area contributed by atoms with Crippen molar-refractivity contribution in [3.05, 3.63) is 88.9 Å². The lowest BCUT2D eigenvalue weighted by Gasteiger charge is -2.32. The highest BCUT2D eigenvalue weighted by atomic mass is 79.9. The lowest BCUT2D eigenvalue weighted by atomic mass is 10.1. The minimum Gasteiger partial charge on any atom is -0.494 e. The molecule has 3 aromatic carbocycles. The molecular weight excluding hydrogens is 582 g/mol. The zero-order valence-corrected chi connectivity index (χ0v) is 24.9. The van der Waals surface area contributed by atoms with Crippen LogP contribution < -0.4 is 14.4 Å². The van der Waals surface area contributed by atoms with Crippen LogP contribution in [0.25, 0.3) is 0 Å². The number of nitrogens with one attached hydrogen (secondary N) is 1. The fourth-order valence-electron chi connectivity index (χ4n) is 3.91. The smallest absolute Gasteiger partial charge is 0.264 e. The number of hydrogen-bond donors (Lipinski definition) is 1. The van der Waals surface area contributed by atoms with E-state index in [1.54, 1.807) is 43.3 Å². The van der Waals surface area contributed by atoms with Crippen molar-refractivity contribution in [3.8, 4) is 5.75 Å². The van der Waals surface area contributed by atoms with Crippen LogP contribution in [-0.2, 0) is 26.2 Å². The molecule has 0 saturated carbocycles. The SMILES string of the molecule is CCOc1ccc(N(CC(=O)N(Cc2ccccc2)C(C)C(=O)NC(C)C)S(=O)(=O)c2ccc(Br)cc2)cc1. The number of sulfonamides is 1. The molecule has 0 saturated heterocycles. The van der Waals surface area contributed by atoms with E-state index in [1.165, 1.54) is 17.0 Å². The number of carbonyl (C=O) groups excluding carboxylic acids is 2. The molecule has 3 aromatic rings. The van der Waals surface area contributed by atoms with Gasteiger partial charge in [-0.2, -0.15) is 0 Å². The van der Waals surface area contributed by atoms with E-state index in [0.29, 0.717) is 18.0 Å². The first-order valence-electron chi connectivity index (χ1n) is 12.7. The molecule has 0 radical (unpaired) electrons. The van der Waals surface area contributed by atoms with Crippen molar-refractivity contribution in [2.24, 2.45) is 0 Å². The van der Waals surface area contributed by atoms with Crippen molar-refractivity contribution in [1.82, 2.24) is 10.2 Å². The first kappa shape index (κ1) is 30.2. The summed E-state index contributed by atoms with van der Waals surface area (Å²) in [7, 11) is -4.14. The number of amides is 2. The summed E-state index contributed by atoms with van der Waals surface area (Å²) in [4.78, 5) is 28.3. The topological polar surface area (TPSA) is 96.0 Å².